The Morgan fingerprint density at radius 1 is 1.35 bits per heavy atom. The molecule has 0 aliphatic heterocycles. The Morgan fingerprint density at radius 3 is 2.70 bits per heavy atom. The van der Waals surface area contributed by atoms with E-state index in [1.165, 1.54) is 10.2 Å². The molecule has 0 radical (unpaired) electrons. The Bertz CT molecular complexity index is 617. The third-order valence-electron chi connectivity index (χ3n) is 3.19. The van der Waals surface area contributed by atoms with Gasteiger partial charge in [-0.1, -0.05) is 19.1 Å². The lowest BCUT2D eigenvalue weighted by Crippen LogP contribution is -2.30. The summed E-state index contributed by atoms with van der Waals surface area (Å²) in [6, 6.07) is 9.69. The maximum atomic E-state index is 12.3. The molecule has 0 fully saturated rings. The van der Waals surface area contributed by atoms with Gasteiger partial charge in [0.15, 0.2) is 6.10 Å². The summed E-state index contributed by atoms with van der Waals surface area (Å²) in [5, 5.41) is 4.19. The van der Waals surface area contributed by atoms with E-state index in [1.54, 1.807) is 6.92 Å². The largest absolute Gasteiger partial charge is 0.481 e. The quantitative estimate of drug-likeness (QED) is 0.858. The lowest BCUT2D eigenvalue weighted by molar-refractivity contribution is 0.0707. The first kappa shape index (κ1) is 14.3. The Balaban J connectivity index is 2.13. The molecule has 1 aromatic heterocycles. The van der Waals surface area contributed by atoms with Gasteiger partial charge in [-0.05, 0) is 51.0 Å². The summed E-state index contributed by atoms with van der Waals surface area (Å²) in [4.78, 5) is 12.3. The van der Waals surface area contributed by atoms with Crippen LogP contribution in [0.4, 0.5) is 0 Å². The predicted molar refractivity (Wildman–Crippen MR) is 78.2 cm³/mol. The van der Waals surface area contributed by atoms with E-state index < -0.39 is 6.10 Å². The second-order valence-electron chi connectivity index (χ2n) is 4.94. The zero-order valence-electron chi connectivity index (χ0n) is 12.4. The highest BCUT2D eigenvalue weighted by atomic mass is 16.5. The number of carbonyl (C=O) groups is 1. The first-order chi connectivity index (χ1) is 9.51. The van der Waals surface area contributed by atoms with Crippen LogP contribution in [0.3, 0.4) is 0 Å². The van der Waals surface area contributed by atoms with Gasteiger partial charge >= 0.3 is 0 Å². The van der Waals surface area contributed by atoms with Crippen LogP contribution in [0.5, 0.6) is 5.75 Å². The topological polar surface area (TPSA) is 44.1 Å². The first-order valence-electron chi connectivity index (χ1n) is 6.84. The van der Waals surface area contributed by atoms with Crippen molar-refractivity contribution >= 4 is 5.91 Å². The van der Waals surface area contributed by atoms with E-state index in [-0.39, 0.29) is 5.91 Å². The number of benzene rings is 1. The fourth-order valence-corrected chi connectivity index (χ4v) is 2.12. The van der Waals surface area contributed by atoms with Crippen LogP contribution >= 0.6 is 0 Å². The van der Waals surface area contributed by atoms with Crippen molar-refractivity contribution < 1.29 is 9.53 Å². The van der Waals surface area contributed by atoms with Gasteiger partial charge in [0.2, 0.25) is 0 Å². The normalized spacial score (nSPS) is 12.2. The average molecular weight is 272 g/mol. The number of nitrogens with zero attached hydrogens (tertiary/aromatic N) is 2. The molecule has 2 aromatic rings. The summed E-state index contributed by atoms with van der Waals surface area (Å²) >= 11 is 0. The van der Waals surface area contributed by atoms with E-state index in [4.69, 9.17) is 4.74 Å². The highest BCUT2D eigenvalue weighted by molar-refractivity contribution is 5.83. The van der Waals surface area contributed by atoms with Gasteiger partial charge in [-0.2, -0.15) is 5.10 Å². The van der Waals surface area contributed by atoms with Crippen LogP contribution < -0.4 is 4.74 Å². The molecule has 0 saturated heterocycles. The number of hydrogen-bond acceptors (Lipinski definition) is 3. The van der Waals surface area contributed by atoms with Crippen molar-refractivity contribution in [3.8, 4) is 5.75 Å². The summed E-state index contributed by atoms with van der Waals surface area (Å²) in [6.07, 6.45) is 0.372. The molecule has 4 nitrogen and oxygen atoms in total. The molecular weight excluding hydrogens is 252 g/mol. The minimum atomic E-state index is -0.569. The molecule has 0 saturated carbocycles. The second kappa shape index (κ2) is 5.90. The van der Waals surface area contributed by atoms with Crippen molar-refractivity contribution in [2.24, 2.45) is 0 Å². The molecule has 2 rings (SSSR count). The zero-order valence-corrected chi connectivity index (χ0v) is 12.4. The number of aromatic nitrogens is 2. The van der Waals surface area contributed by atoms with Crippen molar-refractivity contribution in [3.05, 3.63) is 47.3 Å². The van der Waals surface area contributed by atoms with Crippen LogP contribution in [0.2, 0.25) is 0 Å². The summed E-state index contributed by atoms with van der Waals surface area (Å²) in [7, 11) is 0. The molecule has 0 bridgehead atoms. The van der Waals surface area contributed by atoms with Gasteiger partial charge in [0, 0.05) is 5.69 Å². The molecule has 0 amide bonds. The third kappa shape index (κ3) is 3.07. The minimum absolute atomic E-state index is 0.155. The molecule has 0 aliphatic rings. The Hall–Kier alpha value is -2.10. The van der Waals surface area contributed by atoms with Crippen molar-refractivity contribution in [3.63, 3.8) is 0 Å². The first-order valence-corrected chi connectivity index (χ1v) is 6.84. The molecule has 1 atom stereocenters. The summed E-state index contributed by atoms with van der Waals surface area (Å²) in [6.45, 7) is 7.57. The third-order valence-corrected chi connectivity index (χ3v) is 3.19. The molecule has 20 heavy (non-hydrogen) atoms. The highest BCUT2D eigenvalue weighted by Gasteiger charge is 2.19. The van der Waals surface area contributed by atoms with Gasteiger partial charge in [0.1, 0.15) is 5.75 Å². The summed E-state index contributed by atoms with van der Waals surface area (Å²) in [5.74, 6) is 0.559. The smallest absolute Gasteiger partial charge is 0.287 e. The number of hydrogen-bond donors (Lipinski definition) is 0. The molecule has 0 spiro atoms. The second-order valence-corrected chi connectivity index (χ2v) is 4.94. The Labute approximate surface area is 119 Å². The van der Waals surface area contributed by atoms with Crippen LogP contribution in [0.25, 0.3) is 0 Å². The predicted octanol–water partition coefficient (Wildman–Crippen LogP) is 3.17. The van der Waals surface area contributed by atoms with Crippen molar-refractivity contribution in [1.82, 2.24) is 9.78 Å². The van der Waals surface area contributed by atoms with Crippen LogP contribution in [0, 0.1) is 13.8 Å². The van der Waals surface area contributed by atoms with Crippen molar-refractivity contribution in [2.75, 3.05) is 0 Å². The van der Waals surface area contributed by atoms with Gasteiger partial charge in [-0.25, -0.2) is 4.68 Å². The molecular formula is C16H20N2O2. The maximum Gasteiger partial charge on any atom is 0.287 e. The van der Waals surface area contributed by atoms with E-state index in [2.05, 4.69) is 12.0 Å². The maximum absolute atomic E-state index is 12.3. The van der Waals surface area contributed by atoms with Crippen LogP contribution in [0.1, 0.15) is 35.6 Å². The lowest BCUT2D eigenvalue weighted by Gasteiger charge is -2.14. The van der Waals surface area contributed by atoms with Gasteiger partial charge in [0.25, 0.3) is 5.91 Å². The molecule has 106 valence electrons. The molecule has 1 heterocycles. The number of aryl methyl sites for hydroxylation is 3. The number of carbonyl (C=O) groups excluding carboxylic acids is 1. The van der Waals surface area contributed by atoms with E-state index in [0.29, 0.717) is 5.75 Å². The standard InChI is InChI=1S/C16H20N2O2/c1-5-14-7-6-8-15(10-14)20-13(4)16(19)18-12(3)9-11(2)17-18/h6-10,13H,5H2,1-4H3. The SMILES string of the molecule is CCc1cccc(OC(C)C(=O)n2nc(C)cc2C)c1. The van der Waals surface area contributed by atoms with Crippen LogP contribution in [-0.4, -0.2) is 21.8 Å². The fourth-order valence-electron chi connectivity index (χ4n) is 2.12. The van der Waals surface area contributed by atoms with E-state index >= 15 is 0 Å². The van der Waals surface area contributed by atoms with E-state index in [1.807, 2.05) is 44.2 Å². The fraction of sp³-hybridized carbons (Fsp3) is 0.375. The molecule has 0 aliphatic carbocycles. The summed E-state index contributed by atoms with van der Waals surface area (Å²) in [5.41, 5.74) is 2.84. The molecule has 1 unspecified atom stereocenters. The highest BCUT2D eigenvalue weighted by Crippen LogP contribution is 2.16. The minimum Gasteiger partial charge on any atom is -0.481 e. The number of rotatable bonds is 4. The van der Waals surface area contributed by atoms with Crippen LogP contribution in [-0.2, 0) is 6.42 Å². The molecule has 4 heteroatoms. The molecule has 0 N–H and O–H groups in total. The van der Waals surface area contributed by atoms with Crippen molar-refractivity contribution in [1.29, 1.82) is 0 Å². The van der Waals surface area contributed by atoms with Gasteiger partial charge < -0.3 is 4.74 Å². The Morgan fingerprint density at radius 2 is 2.10 bits per heavy atom. The Kier molecular flexibility index (Phi) is 4.23. The average Bonchev–Trinajstić information content (AvgIpc) is 2.77. The van der Waals surface area contributed by atoms with Crippen LogP contribution in [0.15, 0.2) is 30.3 Å². The van der Waals surface area contributed by atoms with Gasteiger partial charge in [-0.15, -0.1) is 0 Å². The monoisotopic (exact) mass is 272 g/mol. The number of ether oxygens (including phenoxy) is 1. The van der Waals surface area contributed by atoms with E-state index in [0.717, 1.165) is 17.8 Å². The summed E-state index contributed by atoms with van der Waals surface area (Å²) < 4.78 is 7.13. The lowest BCUT2D eigenvalue weighted by atomic mass is 10.2. The van der Waals surface area contributed by atoms with Gasteiger partial charge in [-0.3, -0.25) is 4.79 Å². The van der Waals surface area contributed by atoms with Crippen molar-refractivity contribution in [2.45, 2.75) is 40.2 Å². The van der Waals surface area contributed by atoms with Gasteiger partial charge in [0.05, 0.1) is 5.69 Å². The van der Waals surface area contributed by atoms with E-state index in [9.17, 15) is 4.79 Å². The zero-order chi connectivity index (χ0) is 14.7. The molecule has 1 aromatic carbocycles.